The van der Waals surface area contributed by atoms with E-state index in [1.165, 1.54) is 11.4 Å². The van der Waals surface area contributed by atoms with Gasteiger partial charge in [0.2, 0.25) is 0 Å². The zero-order valence-corrected chi connectivity index (χ0v) is 17.0. The summed E-state index contributed by atoms with van der Waals surface area (Å²) in [6.45, 7) is 9.52. The van der Waals surface area contributed by atoms with Crippen molar-refractivity contribution in [3.8, 4) is 0 Å². The number of hydrogen-bond donors (Lipinski definition) is 1. The Morgan fingerprint density at radius 3 is 2.70 bits per heavy atom. The molecule has 144 valence electrons. The minimum atomic E-state index is -0.280. The van der Waals surface area contributed by atoms with E-state index in [1.807, 2.05) is 30.0 Å². The van der Waals surface area contributed by atoms with Crippen molar-refractivity contribution in [2.75, 3.05) is 13.2 Å². The van der Waals surface area contributed by atoms with Gasteiger partial charge in [-0.15, -0.1) is 0 Å². The van der Waals surface area contributed by atoms with Gasteiger partial charge in [-0.3, -0.25) is 9.78 Å². The number of nitrogens with one attached hydrogen (secondary N) is 1. The molecule has 1 N–H and O–H groups in total. The molecular formula is C20H26N4O2S. The zero-order chi connectivity index (χ0) is 19.6. The van der Waals surface area contributed by atoms with Crippen molar-refractivity contribution in [1.29, 1.82) is 0 Å². The number of pyridine rings is 1. The number of nitrogens with zero attached hydrogens (tertiary/aromatic N) is 3. The molecule has 3 heterocycles. The first kappa shape index (κ1) is 19.4. The predicted octanol–water partition coefficient (Wildman–Crippen LogP) is 3.06. The van der Waals surface area contributed by atoms with Gasteiger partial charge in [0.05, 0.1) is 24.4 Å². The minimum absolute atomic E-state index is 0.115. The third-order valence-electron chi connectivity index (χ3n) is 5.05. The van der Waals surface area contributed by atoms with Crippen LogP contribution in [0.1, 0.15) is 48.6 Å². The van der Waals surface area contributed by atoms with E-state index in [1.54, 1.807) is 6.20 Å². The van der Waals surface area contributed by atoms with Crippen molar-refractivity contribution in [2.45, 2.75) is 46.3 Å². The average molecular weight is 387 g/mol. The molecule has 2 aromatic heterocycles. The summed E-state index contributed by atoms with van der Waals surface area (Å²) >= 11 is 5.58. The number of hydrogen-bond acceptors (Lipinski definition) is 4. The Morgan fingerprint density at radius 2 is 2.11 bits per heavy atom. The summed E-state index contributed by atoms with van der Waals surface area (Å²) < 4.78 is 7.44. The Morgan fingerprint density at radius 1 is 1.33 bits per heavy atom. The molecule has 0 aromatic carbocycles. The van der Waals surface area contributed by atoms with Crippen LogP contribution in [-0.2, 0) is 16.1 Å². The lowest BCUT2D eigenvalue weighted by Gasteiger charge is -2.27. The molecule has 27 heavy (non-hydrogen) atoms. The van der Waals surface area contributed by atoms with Crippen LogP contribution < -0.4 is 5.32 Å². The maximum Gasteiger partial charge on any atom is 0.325 e. The molecule has 3 rings (SSSR count). The van der Waals surface area contributed by atoms with Crippen molar-refractivity contribution >= 4 is 23.3 Å². The van der Waals surface area contributed by atoms with Crippen LogP contribution in [0.25, 0.3) is 0 Å². The van der Waals surface area contributed by atoms with E-state index in [9.17, 15) is 4.79 Å². The summed E-state index contributed by atoms with van der Waals surface area (Å²) in [4.78, 5) is 18.7. The Kier molecular flexibility index (Phi) is 5.79. The van der Waals surface area contributed by atoms with Crippen LogP contribution in [0, 0.1) is 13.8 Å². The topological polar surface area (TPSA) is 59.4 Å². The van der Waals surface area contributed by atoms with Crippen LogP contribution in [0.5, 0.6) is 0 Å². The molecular weight excluding hydrogens is 360 g/mol. The van der Waals surface area contributed by atoms with E-state index in [0.29, 0.717) is 11.7 Å². The van der Waals surface area contributed by atoms with Gasteiger partial charge in [0.25, 0.3) is 0 Å². The van der Waals surface area contributed by atoms with Crippen molar-refractivity contribution in [3.63, 3.8) is 0 Å². The number of esters is 1. The molecule has 0 spiro atoms. The lowest BCUT2D eigenvalue weighted by atomic mass is 9.97. The summed E-state index contributed by atoms with van der Waals surface area (Å²) in [5.74, 6) is -0.280. The fraction of sp³-hybridized carbons (Fsp3) is 0.450. The van der Waals surface area contributed by atoms with E-state index >= 15 is 0 Å². The highest BCUT2D eigenvalue weighted by Gasteiger charge is 2.42. The first-order valence-electron chi connectivity index (χ1n) is 9.28. The number of aromatic nitrogens is 2. The van der Waals surface area contributed by atoms with Crippen LogP contribution in [0.15, 0.2) is 30.5 Å². The largest absolute Gasteiger partial charge is 0.465 e. The van der Waals surface area contributed by atoms with Crippen LogP contribution in [0.2, 0.25) is 0 Å². The quantitative estimate of drug-likeness (QED) is 0.608. The van der Waals surface area contributed by atoms with Crippen LogP contribution in [-0.4, -0.2) is 38.7 Å². The van der Waals surface area contributed by atoms with Gasteiger partial charge < -0.3 is 19.5 Å². The molecule has 1 fully saturated rings. The molecule has 0 amide bonds. The van der Waals surface area contributed by atoms with Gasteiger partial charge in [-0.1, -0.05) is 6.07 Å². The van der Waals surface area contributed by atoms with Gasteiger partial charge in [-0.2, -0.15) is 0 Å². The Labute approximate surface area is 165 Å². The highest BCUT2D eigenvalue weighted by atomic mass is 32.1. The highest BCUT2D eigenvalue weighted by Crippen LogP contribution is 2.40. The van der Waals surface area contributed by atoms with Crippen molar-refractivity contribution < 1.29 is 9.53 Å². The normalized spacial score (nSPS) is 19.3. The lowest BCUT2D eigenvalue weighted by molar-refractivity contribution is -0.143. The number of carbonyl (C=O) groups excluding carboxylic acids is 1. The van der Waals surface area contributed by atoms with E-state index in [4.69, 9.17) is 17.0 Å². The maximum absolute atomic E-state index is 12.2. The number of ether oxygens (including phenoxy) is 1. The smallest absolute Gasteiger partial charge is 0.325 e. The second kappa shape index (κ2) is 8.08. The summed E-state index contributed by atoms with van der Waals surface area (Å²) in [6, 6.07) is 7.79. The second-order valence-corrected chi connectivity index (χ2v) is 7.02. The summed E-state index contributed by atoms with van der Waals surface area (Å²) in [7, 11) is 0. The van der Waals surface area contributed by atoms with Gasteiger partial charge in [-0.25, -0.2) is 0 Å². The number of rotatable bonds is 6. The van der Waals surface area contributed by atoms with Gasteiger partial charge in [0, 0.05) is 24.1 Å². The van der Waals surface area contributed by atoms with Gasteiger partial charge in [0.1, 0.15) is 6.54 Å². The molecule has 0 radical (unpaired) electrons. The van der Waals surface area contributed by atoms with E-state index in [2.05, 4.69) is 41.7 Å². The van der Waals surface area contributed by atoms with Crippen LogP contribution in [0.3, 0.4) is 0 Å². The van der Waals surface area contributed by atoms with Crippen molar-refractivity contribution in [1.82, 2.24) is 19.8 Å². The first-order chi connectivity index (χ1) is 13.0. The SMILES string of the molecule is CCOC(=O)CN1C(=S)NC(c2ccccn2)C1c1cc(C)n(CC)c1C. The average Bonchev–Trinajstić information content (AvgIpc) is 3.12. The van der Waals surface area contributed by atoms with Gasteiger partial charge in [0.15, 0.2) is 5.11 Å². The van der Waals surface area contributed by atoms with Crippen molar-refractivity contribution in [2.24, 2.45) is 0 Å². The predicted molar refractivity (Wildman–Crippen MR) is 108 cm³/mol. The summed E-state index contributed by atoms with van der Waals surface area (Å²) in [5, 5.41) is 3.91. The zero-order valence-electron chi connectivity index (χ0n) is 16.2. The fourth-order valence-electron chi connectivity index (χ4n) is 3.87. The molecule has 0 aliphatic carbocycles. The number of aryl methyl sites for hydroxylation is 1. The van der Waals surface area contributed by atoms with E-state index < -0.39 is 0 Å². The third-order valence-corrected chi connectivity index (χ3v) is 5.40. The molecule has 2 unspecified atom stereocenters. The number of thiocarbonyl (C=S) groups is 1. The maximum atomic E-state index is 12.2. The lowest BCUT2D eigenvalue weighted by Crippen LogP contribution is -2.35. The van der Waals surface area contributed by atoms with Gasteiger partial charge in [-0.05, 0) is 63.7 Å². The Hall–Kier alpha value is -2.41. The molecule has 1 saturated heterocycles. The van der Waals surface area contributed by atoms with E-state index in [-0.39, 0.29) is 24.6 Å². The molecule has 2 aromatic rings. The first-order valence-corrected chi connectivity index (χ1v) is 9.69. The molecule has 0 bridgehead atoms. The molecule has 1 aliphatic heterocycles. The van der Waals surface area contributed by atoms with Gasteiger partial charge >= 0.3 is 5.97 Å². The fourth-order valence-corrected chi connectivity index (χ4v) is 4.18. The van der Waals surface area contributed by atoms with Crippen LogP contribution in [0.4, 0.5) is 0 Å². The van der Waals surface area contributed by atoms with Crippen LogP contribution >= 0.6 is 12.2 Å². The summed E-state index contributed by atoms with van der Waals surface area (Å²) in [6.07, 6.45) is 1.78. The molecule has 1 aliphatic rings. The molecule has 2 atom stereocenters. The molecule has 7 heteroatoms. The second-order valence-electron chi connectivity index (χ2n) is 6.63. The standard InChI is InChI=1S/C20H26N4O2S/c1-5-23-13(3)11-15(14(23)4)19-18(16-9-7-8-10-21-16)22-20(27)24(19)12-17(25)26-6-2/h7-11,18-19H,5-6,12H2,1-4H3,(H,22,27). The number of carbonyl (C=O) groups is 1. The Balaban J connectivity index is 2.05. The van der Waals surface area contributed by atoms with E-state index in [0.717, 1.165) is 17.8 Å². The highest BCUT2D eigenvalue weighted by molar-refractivity contribution is 7.80. The summed E-state index contributed by atoms with van der Waals surface area (Å²) in [5.41, 5.74) is 4.43. The molecule has 6 nitrogen and oxygen atoms in total. The molecule has 0 saturated carbocycles. The Bertz CT molecular complexity index is 834. The minimum Gasteiger partial charge on any atom is -0.465 e. The third kappa shape index (κ3) is 3.69. The van der Waals surface area contributed by atoms with Crippen molar-refractivity contribution in [3.05, 3.63) is 53.1 Å². The monoisotopic (exact) mass is 386 g/mol.